The Bertz CT molecular complexity index is 653. The molecule has 7 heteroatoms. The maximum Gasteiger partial charge on any atom is 0.227 e. The number of H-pyrrole nitrogens is 1. The lowest BCUT2D eigenvalue weighted by Gasteiger charge is -2.32. The normalized spacial score (nSPS) is 21.9. The first kappa shape index (κ1) is 14.4. The molecule has 2 fully saturated rings. The van der Waals surface area contributed by atoms with Gasteiger partial charge in [-0.1, -0.05) is 0 Å². The molecular formula is C16H21FN6. The van der Waals surface area contributed by atoms with Crippen LogP contribution in [0, 0.1) is 5.82 Å². The van der Waals surface area contributed by atoms with E-state index in [0.29, 0.717) is 17.7 Å². The van der Waals surface area contributed by atoms with E-state index in [0.717, 1.165) is 57.7 Å². The average molecular weight is 316 g/mol. The van der Waals surface area contributed by atoms with Crippen molar-refractivity contribution >= 4 is 11.8 Å². The zero-order valence-corrected chi connectivity index (χ0v) is 13.1. The van der Waals surface area contributed by atoms with Crippen molar-refractivity contribution in [2.24, 2.45) is 0 Å². The predicted octanol–water partition coefficient (Wildman–Crippen LogP) is 2.32. The van der Waals surface area contributed by atoms with E-state index in [4.69, 9.17) is 0 Å². The zero-order chi connectivity index (χ0) is 15.6. The molecule has 0 aliphatic carbocycles. The van der Waals surface area contributed by atoms with Gasteiger partial charge in [0.25, 0.3) is 0 Å². The van der Waals surface area contributed by atoms with Crippen LogP contribution < -0.4 is 9.80 Å². The molecule has 2 aliphatic rings. The highest BCUT2D eigenvalue weighted by Crippen LogP contribution is 2.28. The van der Waals surface area contributed by atoms with Crippen molar-refractivity contribution in [1.82, 2.24) is 19.9 Å². The van der Waals surface area contributed by atoms with Crippen molar-refractivity contribution in [3.8, 4) is 0 Å². The van der Waals surface area contributed by atoms with Gasteiger partial charge in [-0.05, 0) is 25.7 Å². The number of aromatic amines is 1. The number of hydrogen-bond donors (Lipinski definition) is 1. The van der Waals surface area contributed by atoms with Gasteiger partial charge in [-0.25, -0.2) is 14.4 Å². The lowest BCUT2D eigenvalue weighted by molar-refractivity contribution is 0.487. The van der Waals surface area contributed by atoms with E-state index in [1.54, 1.807) is 6.20 Å². The summed E-state index contributed by atoms with van der Waals surface area (Å²) in [5.41, 5.74) is 0. The van der Waals surface area contributed by atoms with Gasteiger partial charge >= 0.3 is 0 Å². The first-order valence-corrected chi connectivity index (χ1v) is 8.33. The van der Waals surface area contributed by atoms with Crippen molar-refractivity contribution < 1.29 is 4.39 Å². The fraction of sp³-hybridized carbons (Fsp3) is 0.562. The number of aromatic nitrogens is 4. The predicted molar refractivity (Wildman–Crippen MR) is 86.2 cm³/mol. The van der Waals surface area contributed by atoms with Gasteiger partial charge in [0.2, 0.25) is 5.95 Å². The fourth-order valence-corrected chi connectivity index (χ4v) is 3.53. The number of rotatable bonds is 3. The minimum absolute atomic E-state index is 0.324. The third kappa shape index (κ3) is 2.87. The van der Waals surface area contributed by atoms with Gasteiger partial charge in [0.05, 0.1) is 6.20 Å². The van der Waals surface area contributed by atoms with Crippen LogP contribution >= 0.6 is 0 Å². The van der Waals surface area contributed by atoms with Gasteiger partial charge in [0, 0.05) is 44.5 Å². The van der Waals surface area contributed by atoms with Crippen LogP contribution in [-0.4, -0.2) is 46.1 Å². The van der Waals surface area contributed by atoms with Gasteiger partial charge in [-0.3, -0.25) is 0 Å². The second-order valence-electron chi connectivity index (χ2n) is 6.30. The maximum atomic E-state index is 14.1. The summed E-state index contributed by atoms with van der Waals surface area (Å²) >= 11 is 0. The highest BCUT2D eigenvalue weighted by atomic mass is 19.1. The summed E-state index contributed by atoms with van der Waals surface area (Å²) < 4.78 is 14.1. The summed E-state index contributed by atoms with van der Waals surface area (Å²) in [6.07, 6.45) is 9.32. The van der Waals surface area contributed by atoms with Crippen molar-refractivity contribution in [3.05, 3.63) is 30.2 Å². The summed E-state index contributed by atoms with van der Waals surface area (Å²) in [6.45, 7) is 3.48. The number of piperidine rings is 1. The maximum absolute atomic E-state index is 14.1. The highest BCUT2D eigenvalue weighted by molar-refractivity contribution is 5.46. The molecule has 23 heavy (non-hydrogen) atoms. The van der Waals surface area contributed by atoms with Crippen molar-refractivity contribution in [2.45, 2.75) is 31.6 Å². The Balaban J connectivity index is 1.56. The standard InChI is InChI=1S/C16H21FN6/c17-13-10-20-16(21-15(13)22-7-1-2-8-22)23-9-3-4-12(11-23)14-18-5-6-19-14/h5-6,10,12H,1-4,7-9,11H2,(H,18,19)/t12-/m1/s1. The molecule has 2 aliphatic heterocycles. The largest absolute Gasteiger partial charge is 0.354 e. The summed E-state index contributed by atoms with van der Waals surface area (Å²) in [5, 5.41) is 0. The summed E-state index contributed by atoms with van der Waals surface area (Å²) in [4.78, 5) is 20.5. The Morgan fingerprint density at radius 3 is 2.70 bits per heavy atom. The molecule has 1 N–H and O–H groups in total. The average Bonchev–Trinajstić information content (AvgIpc) is 3.29. The fourth-order valence-electron chi connectivity index (χ4n) is 3.53. The van der Waals surface area contributed by atoms with Crippen LogP contribution in [0.2, 0.25) is 0 Å². The Hall–Kier alpha value is -2.18. The van der Waals surface area contributed by atoms with Gasteiger partial charge in [-0.2, -0.15) is 4.98 Å². The van der Waals surface area contributed by atoms with Gasteiger partial charge in [-0.15, -0.1) is 0 Å². The molecule has 2 aromatic rings. The summed E-state index contributed by atoms with van der Waals surface area (Å²) in [6, 6.07) is 0. The monoisotopic (exact) mass is 316 g/mol. The van der Waals surface area contributed by atoms with E-state index in [1.165, 1.54) is 6.20 Å². The van der Waals surface area contributed by atoms with Gasteiger partial charge in [0.1, 0.15) is 5.82 Å². The molecule has 0 aromatic carbocycles. The molecule has 0 radical (unpaired) electrons. The van der Waals surface area contributed by atoms with Crippen LogP contribution in [0.5, 0.6) is 0 Å². The Kier molecular flexibility index (Phi) is 3.85. The summed E-state index contributed by atoms with van der Waals surface area (Å²) in [5.74, 6) is 2.12. The smallest absolute Gasteiger partial charge is 0.227 e. The van der Waals surface area contributed by atoms with E-state index in [1.807, 2.05) is 11.1 Å². The van der Waals surface area contributed by atoms with Crippen LogP contribution in [0.1, 0.15) is 37.4 Å². The van der Waals surface area contributed by atoms with Crippen LogP contribution in [0.15, 0.2) is 18.6 Å². The Morgan fingerprint density at radius 2 is 1.91 bits per heavy atom. The quantitative estimate of drug-likeness (QED) is 0.941. The molecule has 0 saturated carbocycles. The number of nitrogens with zero attached hydrogens (tertiary/aromatic N) is 5. The highest BCUT2D eigenvalue weighted by Gasteiger charge is 2.26. The second kappa shape index (κ2) is 6.14. The Labute approximate surface area is 134 Å². The van der Waals surface area contributed by atoms with E-state index >= 15 is 0 Å². The molecule has 0 amide bonds. The molecule has 4 rings (SSSR count). The minimum atomic E-state index is -0.324. The van der Waals surface area contributed by atoms with Crippen LogP contribution in [0.3, 0.4) is 0 Å². The number of imidazole rings is 1. The Morgan fingerprint density at radius 1 is 1.09 bits per heavy atom. The number of halogens is 1. The molecule has 1 atom stereocenters. The van der Waals surface area contributed by atoms with Crippen molar-refractivity contribution in [2.75, 3.05) is 36.0 Å². The van der Waals surface area contributed by atoms with E-state index < -0.39 is 0 Å². The SMILES string of the molecule is Fc1cnc(N2CCC[C@@H](c3ncc[nH]3)C2)nc1N1CCCC1. The molecule has 4 heterocycles. The zero-order valence-electron chi connectivity index (χ0n) is 13.1. The van der Waals surface area contributed by atoms with Crippen molar-refractivity contribution in [3.63, 3.8) is 0 Å². The van der Waals surface area contributed by atoms with Crippen LogP contribution in [0.25, 0.3) is 0 Å². The lowest BCUT2D eigenvalue weighted by Crippen LogP contribution is -2.36. The van der Waals surface area contributed by atoms with E-state index in [2.05, 4.69) is 24.8 Å². The van der Waals surface area contributed by atoms with Crippen molar-refractivity contribution in [1.29, 1.82) is 0 Å². The van der Waals surface area contributed by atoms with Gasteiger partial charge in [0.15, 0.2) is 11.6 Å². The molecule has 0 unspecified atom stereocenters. The molecular weight excluding hydrogens is 295 g/mol. The minimum Gasteiger partial charge on any atom is -0.354 e. The first-order valence-electron chi connectivity index (χ1n) is 8.33. The molecule has 6 nitrogen and oxygen atoms in total. The molecule has 0 spiro atoms. The lowest BCUT2D eigenvalue weighted by atomic mass is 9.98. The summed E-state index contributed by atoms with van der Waals surface area (Å²) in [7, 11) is 0. The number of anilines is 2. The topological polar surface area (TPSA) is 60.9 Å². The molecule has 2 saturated heterocycles. The second-order valence-corrected chi connectivity index (χ2v) is 6.30. The van der Waals surface area contributed by atoms with Gasteiger partial charge < -0.3 is 14.8 Å². The third-order valence-electron chi connectivity index (χ3n) is 4.73. The van der Waals surface area contributed by atoms with E-state index in [-0.39, 0.29) is 5.82 Å². The number of nitrogens with one attached hydrogen (secondary N) is 1. The molecule has 0 bridgehead atoms. The van der Waals surface area contributed by atoms with Crippen LogP contribution in [-0.2, 0) is 0 Å². The third-order valence-corrected chi connectivity index (χ3v) is 4.73. The number of hydrogen-bond acceptors (Lipinski definition) is 5. The van der Waals surface area contributed by atoms with E-state index in [9.17, 15) is 4.39 Å². The van der Waals surface area contributed by atoms with Crippen LogP contribution in [0.4, 0.5) is 16.2 Å². The first-order chi connectivity index (χ1) is 11.3. The molecule has 2 aromatic heterocycles. The molecule has 122 valence electrons.